The van der Waals surface area contributed by atoms with Crippen molar-refractivity contribution < 1.29 is 4.79 Å². The molecule has 2 aromatic rings. The molecule has 0 fully saturated rings. The van der Waals surface area contributed by atoms with Crippen LogP contribution in [-0.4, -0.2) is 17.4 Å². The maximum atomic E-state index is 12.4. The number of carbonyl (C=O) groups excluding carboxylic acids is 1. The summed E-state index contributed by atoms with van der Waals surface area (Å²) in [5.41, 5.74) is 2.48. The van der Waals surface area contributed by atoms with Gasteiger partial charge in [0, 0.05) is 12.6 Å². The number of nitrogens with zero attached hydrogens (tertiary/aromatic N) is 1. The number of carbonyl (C=O) groups is 1. The monoisotopic (exact) mass is 293 g/mol. The van der Waals surface area contributed by atoms with E-state index in [2.05, 4.69) is 63.2 Å². The Kier molecular flexibility index (Phi) is 4.02. The highest BCUT2D eigenvalue weighted by molar-refractivity contribution is 5.92. The number of rotatable bonds is 4. The molecule has 22 heavy (non-hydrogen) atoms. The molecule has 0 aromatic heterocycles. The second-order valence-electron chi connectivity index (χ2n) is 6.61. The van der Waals surface area contributed by atoms with Gasteiger partial charge in [-0.15, -0.1) is 0 Å². The third-order valence-corrected chi connectivity index (χ3v) is 4.40. The molecule has 1 aliphatic rings. The molecule has 114 valence electrons. The van der Waals surface area contributed by atoms with E-state index in [1.165, 1.54) is 21.9 Å². The van der Waals surface area contributed by atoms with Gasteiger partial charge in [0.25, 0.3) is 0 Å². The van der Waals surface area contributed by atoms with Gasteiger partial charge in [0.15, 0.2) is 0 Å². The summed E-state index contributed by atoms with van der Waals surface area (Å²) in [7, 11) is 0. The summed E-state index contributed by atoms with van der Waals surface area (Å²) in [6.07, 6.45) is 2.84. The normalized spacial score (nSPS) is 16.5. The fourth-order valence-electron chi connectivity index (χ4n) is 3.36. The zero-order valence-electron chi connectivity index (χ0n) is 13.5. The van der Waals surface area contributed by atoms with Gasteiger partial charge < -0.3 is 4.90 Å². The van der Waals surface area contributed by atoms with E-state index < -0.39 is 0 Å². The van der Waals surface area contributed by atoms with E-state index in [1.54, 1.807) is 0 Å². The van der Waals surface area contributed by atoms with Crippen molar-refractivity contribution in [3.05, 3.63) is 59.7 Å². The Morgan fingerprint density at radius 1 is 1.05 bits per heavy atom. The van der Waals surface area contributed by atoms with Crippen LogP contribution < -0.4 is 0 Å². The lowest BCUT2D eigenvalue weighted by Crippen LogP contribution is -2.29. The van der Waals surface area contributed by atoms with Crippen molar-refractivity contribution in [2.45, 2.75) is 33.2 Å². The molecule has 0 saturated carbocycles. The Morgan fingerprint density at radius 2 is 1.77 bits per heavy atom. The van der Waals surface area contributed by atoms with E-state index in [4.69, 9.17) is 0 Å². The second kappa shape index (κ2) is 5.96. The quantitative estimate of drug-likeness (QED) is 0.799. The first-order chi connectivity index (χ1) is 10.6. The molecule has 2 nitrogen and oxygen atoms in total. The molecule has 1 amide bonds. The minimum Gasteiger partial charge on any atom is -0.328 e. The van der Waals surface area contributed by atoms with E-state index in [9.17, 15) is 4.79 Å². The first-order valence-corrected chi connectivity index (χ1v) is 8.04. The van der Waals surface area contributed by atoms with Crippen LogP contribution in [0.15, 0.2) is 54.1 Å². The molecular formula is C20H23NO. The van der Waals surface area contributed by atoms with Crippen LogP contribution in [0.1, 0.15) is 38.8 Å². The van der Waals surface area contributed by atoms with Crippen molar-refractivity contribution in [2.75, 3.05) is 6.54 Å². The van der Waals surface area contributed by atoms with Gasteiger partial charge in [-0.1, -0.05) is 56.3 Å². The molecule has 1 atom stereocenters. The van der Waals surface area contributed by atoms with Crippen molar-refractivity contribution in [2.24, 2.45) is 5.92 Å². The van der Waals surface area contributed by atoms with Gasteiger partial charge in [-0.3, -0.25) is 4.79 Å². The molecule has 0 saturated heterocycles. The zero-order valence-corrected chi connectivity index (χ0v) is 13.5. The van der Waals surface area contributed by atoms with Crippen LogP contribution in [0.5, 0.6) is 0 Å². The number of benzene rings is 2. The summed E-state index contributed by atoms with van der Waals surface area (Å²) in [6.45, 7) is 7.29. The van der Waals surface area contributed by atoms with E-state index in [0.717, 1.165) is 13.0 Å². The lowest BCUT2D eigenvalue weighted by molar-refractivity contribution is -0.126. The molecule has 0 bridgehead atoms. The third-order valence-electron chi connectivity index (χ3n) is 4.40. The summed E-state index contributed by atoms with van der Waals surface area (Å²) >= 11 is 0. The highest BCUT2D eigenvalue weighted by atomic mass is 16.2. The van der Waals surface area contributed by atoms with Gasteiger partial charge in [0.2, 0.25) is 5.91 Å². The van der Waals surface area contributed by atoms with E-state index in [0.29, 0.717) is 5.92 Å². The number of amides is 1. The van der Waals surface area contributed by atoms with Gasteiger partial charge in [-0.05, 0) is 41.2 Å². The summed E-state index contributed by atoms with van der Waals surface area (Å²) < 4.78 is 0. The largest absolute Gasteiger partial charge is 0.328 e. The van der Waals surface area contributed by atoms with Crippen molar-refractivity contribution >= 4 is 16.7 Å². The first kappa shape index (κ1) is 14.8. The minimum absolute atomic E-state index is 0.0968. The standard InChI is InChI=1S/C20H23NO/c1-14(2)11-16-12-20(22)21(13-16)15(3)18-10-6-8-17-7-4-5-9-19(17)18/h4-10,12,14-15H,11,13H2,1-3H3. The molecule has 3 rings (SSSR count). The molecule has 1 unspecified atom stereocenters. The van der Waals surface area contributed by atoms with Gasteiger partial charge >= 0.3 is 0 Å². The molecule has 2 aromatic carbocycles. The Bertz CT molecular complexity index is 724. The minimum atomic E-state index is 0.0968. The van der Waals surface area contributed by atoms with Crippen molar-refractivity contribution in [3.63, 3.8) is 0 Å². The molecule has 0 radical (unpaired) electrons. The number of fused-ring (bicyclic) bond motifs is 1. The van der Waals surface area contributed by atoms with Gasteiger partial charge in [0.05, 0.1) is 6.04 Å². The highest BCUT2D eigenvalue weighted by Crippen LogP contribution is 2.31. The topological polar surface area (TPSA) is 20.3 Å². The average molecular weight is 293 g/mol. The van der Waals surface area contributed by atoms with Gasteiger partial charge in [-0.25, -0.2) is 0 Å². The summed E-state index contributed by atoms with van der Waals surface area (Å²) in [5, 5.41) is 2.47. The summed E-state index contributed by atoms with van der Waals surface area (Å²) in [6, 6.07) is 14.8. The van der Waals surface area contributed by atoms with Crippen LogP contribution in [0.4, 0.5) is 0 Å². The average Bonchev–Trinajstić information content (AvgIpc) is 2.85. The maximum absolute atomic E-state index is 12.4. The van der Waals surface area contributed by atoms with E-state index >= 15 is 0 Å². The Morgan fingerprint density at radius 3 is 2.55 bits per heavy atom. The van der Waals surface area contributed by atoms with E-state index in [1.807, 2.05) is 11.0 Å². The van der Waals surface area contributed by atoms with Crippen molar-refractivity contribution in [1.82, 2.24) is 4.90 Å². The van der Waals surface area contributed by atoms with Crippen LogP contribution >= 0.6 is 0 Å². The lowest BCUT2D eigenvalue weighted by atomic mass is 9.98. The highest BCUT2D eigenvalue weighted by Gasteiger charge is 2.27. The Labute approximate surface area is 132 Å². The Balaban J connectivity index is 1.88. The van der Waals surface area contributed by atoms with Crippen LogP contribution in [0.25, 0.3) is 10.8 Å². The van der Waals surface area contributed by atoms with Crippen LogP contribution in [0.2, 0.25) is 0 Å². The molecule has 0 N–H and O–H groups in total. The summed E-state index contributed by atoms with van der Waals surface area (Å²) in [4.78, 5) is 14.4. The predicted octanol–water partition coefficient (Wildman–Crippen LogP) is 4.72. The lowest BCUT2D eigenvalue weighted by Gasteiger charge is -2.26. The van der Waals surface area contributed by atoms with Crippen LogP contribution in [-0.2, 0) is 4.79 Å². The summed E-state index contributed by atoms with van der Waals surface area (Å²) in [5.74, 6) is 0.739. The van der Waals surface area contributed by atoms with Crippen molar-refractivity contribution in [3.8, 4) is 0 Å². The fraction of sp³-hybridized carbons (Fsp3) is 0.350. The number of hydrogen-bond acceptors (Lipinski definition) is 1. The van der Waals surface area contributed by atoms with E-state index in [-0.39, 0.29) is 11.9 Å². The van der Waals surface area contributed by atoms with Crippen LogP contribution in [0.3, 0.4) is 0 Å². The molecule has 1 aliphatic heterocycles. The molecule has 0 aliphatic carbocycles. The smallest absolute Gasteiger partial charge is 0.247 e. The molecule has 2 heteroatoms. The molecular weight excluding hydrogens is 270 g/mol. The molecule has 0 spiro atoms. The second-order valence-corrected chi connectivity index (χ2v) is 6.61. The first-order valence-electron chi connectivity index (χ1n) is 8.04. The van der Waals surface area contributed by atoms with Crippen LogP contribution in [0, 0.1) is 5.92 Å². The molecule has 1 heterocycles. The zero-order chi connectivity index (χ0) is 15.7. The SMILES string of the molecule is CC(C)CC1=CC(=O)N(C(C)c2cccc3ccccc23)C1. The van der Waals surface area contributed by atoms with Gasteiger partial charge in [-0.2, -0.15) is 0 Å². The third kappa shape index (κ3) is 2.78. The van der Waals surface area contributed by atoms with Crippen molar-refractivity contribution in [1.29, 1.82) is 0 Å². The Hall–Kier alpha value is -2.09. The number of hydrogen-bond donors (Lipinski definition) is 0. The van der Waals surface area contributed by atoms with Gasteiger partial charge in [0.1, 0.15) is 0 Å². The fourth-order valence-corrected chi connectivity index (χ4v) is 3.36. The predicted molar refractivity (Wildman–Crippen MR) is 91.6 cm³/mol. The maximum Gasteiger partial charge on any atom is 0.247 e.